The summed E-state index contributed by atoms with van der Waals surface area (Å²) in [6.45, 7) is 11.7. The lowest BCUT2D eigenvalue weighted by molar-refractivity contribution is -0.141. The van der Waals surface area contributed by atoms with E-state index in [1.165, 1.54) is 4.90 Å². The summed E-state index contributed by atoms with van der Waals surface area (Å²) in [6.07, 6.45) is 7.14. The third-order valence-electron chi connectivity index (χ3n) is 4.92. The number of rotatable bonds is 10. The number of hydrogen-bond donors (Lipinski definition) is 2. The van der Waals surface area contributed by atoms with Crippen molar-refractivity contribution in [1.29, 1.82) is 0 Å². The van der Waals surface area contributed by atoms with Crippen molar-refractivity contribution in [2.24, 2.45) is 5.92 Å². The first-order chi connectivity index (χ1) is 15.4. The van der Waals surface area contributed by atoms with Gasteiger partial charge in [-0.3, -0.25) is 9.59 Å². The predicted octanol–water partition coefficient (Wildman–Crippen LogP) is 4.02. The van der Waals surface area contributed by atoms with Crippen molar-refractivity contribution in [2.75, 3.05) is 13.6 Å². The van der Waals surface area contributed by atoms with Crippen molar-refractivity contribution >= 4 is 17.9 Å². The smallest absolute Gasteiger partial charge is 0.408 e. The molecule has 0 aliphatic carbocycles. The van der Waals surface area contributed by atoms with Crippen LogP contribution in [0.1, 0.15) is 78.0 Å². The molecule has 0 bridgehead atoms. The number of alkyl carbamates (subject to hydrolysis) is 1. The molecule has 0 spiro atoms. The molecule has 33 heavy (non-hydrogen) atoms. The van der Waals surface area contributed by atoms with Gasteiger partial charge in [0.1, 0.15) is 17.7 Å². The first-order valence-electron chi connectivity index (χ1n) is 11.5. The molecule has 2 unspecified atom stereocenters. The van der Waals surface area contributed by atoms with Crippen LogP contribution in [0.15, 0.2) is 24.3 Å². The highest BCUT2D eigenvalue weighted by atomic mass is 16.6. The summed E-state index contributed by atoms with van der Waals surface area (Å²) in [4.78, 5) is 40.5. The van der Waals surface area contributed by atoms with Crippen molar-refractivity contribution in [3.8, 4) is 12.3 Å². The van der Waals surface area contributed by atoms with Gasteiger partial charge in [0.25, 0.3) is 0 Å². The average molecular weight is 458 g/mol. The van der Waals surface area contributed by atoms with Crippen molar-refractivity contribution in [2.45, 2.75) is 78.5 Å². The molecule has 0 saturated heterocycles. The van der Waals surface area contributed by atoms with E-state index in [0.29, 0.717) is 24.1 Å². The van der Waals surface area contributed by atoms with Gasteiger partial charge in [-0.1, -0.05) is 51.3 Å². The van der Waals surface area contributed by atoms with Crippen molar-refractivity contribution < 1.29 is 19.1 Å². The van der Waals surface area contributed by atoms with Gasteiger partial charge in [0, 0.05) is 19.2 Å². The van der Waals surface area contributed by atoms with E-state index >= 15 is 0 Å². The SMILES string of the molecule is C#Cc1ccccc1C(C(=O)NCCCC)N(C)C(=O)C(CC(C)C)NC(=O)OC(C)(C)C. The lowest BCUT2D eigenvalue weighted by Crippen LogP contribution is -2.52. The van der Waals surface area contributed by atoms with E-state index < -0.39 is 29.7 Å². The number of nitrogens with one attached hydrogen (secondary N) is 2. The third-order valence-corrected chi connectivity index (χ3v) is 4.92. The van der Waals surface area contributed by atoms with Gasteiger partial charge in [-0.05, 0) is 51.2 Å². The number of carbonyl (C=O) groups is 3. The summed E-state index contributed by atoms with van der Waals surface area (Å²) < 4.78 is 5.35. The molecule has 2 N–H and O–H groups in total. The van der Waals surface area contributed by atoms with Gasteiger partial charge in [-0.25, -0.2) is 4.79 Å². The van der Waals surface area contributed by atoms with Gasteiger partial charge in [-0.2, -0.15) is 0 Å². The number of terminal acetylenes is 1. The quantitative estimate of drug-likeness (QED) is 0.410. The Labute approximate surface area is 198 Å². The highest BCUT2D eigenvalue weighted by molar-refractivity contribution is 5.92. The zero-order valence-corrected chi connectivity index (χ0v) is 21.0. The van der Waals surface area contributed by atoms with Crippen LogP contribution in [0.25, 0.3) is 0 Å². The van der Waals surface area contributed by atoms with Crippen LogP contribution in [-0.4, -0.2) is 48.0 Å². The maximum atomic E-state index is 13.6. The van der Waals surface area contributed by atoms with Crippen LogP contribution in [0, 0.1) is 18.3 Å². The second kappa shape index (κ2) is 12.9. The van der Waals surface area contributed by atoms with Crippen LogP contribution in [-0.2, 0) is 14.3 Å². The highest BCUT2D eigenvalue weighted by Crippen LogP contribution is 2.25. The molecule has 0 aliphatic rings. The lowest BCUT2D eigenvalue weighted by Gasteiger charge is -2.32. The molecule has 1 aromatic carbocycles. The number of ether oxygens (including phenoxy) is 1. The second-order valence-electron chi connectivity index (χ2n) is 9.56. The van der Waals surface area contributed by atoms with Crippen LogP contribution in [0.3, 0.4) is 0 Å². The lowest BCUT2D eigenvalue weighted by atomic mass is 9.96. The Morgan fingerprint density at radius 3 is 2.36 bits per heavy atom. The van der Waals surface area contributed by atoms with Crippen molar-refractivity contribution in [3.63, 3.8) is 0 Å². The van der Waals surface area contributed by atoms with E-state index in [0.717, 1.165) is 12.8 Å². The minimum atomic E-state index is -0.934. The fourth-order valence-electron chi connectivity index (χ4n) is 3.39. The fourth-order valence-corrected chi connectivity index (χ4v) is 3.39. The molecule has 182 valence electrons. The molecule has 1 rings (SSSR count). The Kier molecular flexibility index (Phi) is 10.9. The molecule has 0 fully saturated rings. The first-order valence-corrected chi connectivity index (χ1v) is 11.5. The van der Waals surface area contributed by atoms with Gasteiger partial charge in [-0.15, -0.1) is 6.42 Å². The van der Waals surface area contributed by atoms with E-state index in [1.54, 1.807) is 52.1 Å². The molecule has 0 heterocycles. The molecular formula is C26H39N3O4. The molecular weight excluding hydrogens is 418 g/mol. The third kappa shape index (κ3) is 9.17. The van der Waals surface area contributed by atoms with E-state index in [9.17, 15) is 14.4 Å². The van der Waals surface area contributed by atoms with Crippen molar-refractivity contribution in [3.05, 3.63) is 35.4 Å². The predicted molar refractivity (Wildman–Crippen MR) is 130 cm³/mol. The summed E-state index contributed by atoms with van der Waals surface area (Å²) in [5.74, 6) is 2.02. The standard InChI is InChI=1S/C26H39N3O4/c1-9-11-16-27-23(30)22(20-15-13-12-14-19(20)10-2)29(8)24(31)21(17-18(3)4)28-25(32)33-26(5,6)7/h2,12-15,18,21-22H,9,11,16-17H2,1,3-8H3,(H,27,30)(H,28,32). The van der Waals surface area contributed by atoms with Gasteiger partial charge in [0.15, 0.2) is 0 Å². The Balaban J connectivity index is 3.29. The Bertz CT molecular complexity index is 852. The molecule has 0 aromatic heterocycles. The number of benzene rings is 1. The Morgan fingerprint density at radius 1 is 1.18 bits per heavy atom. The number of nitrogens with zero attached hydrogens (tertiary/aromatic N) is 1. The van der Waals surface area contributed by atoms with Crippen molar-refractivity contribution in [1.82, 2.24) is 15.5 Å². The summed E-state index contributed by atoms with van der Waals surface area (Å²) >= 11 is 0. The zero-order valence-electron chi connectivity index (χ0n) is 21.0. The van der Waals surface area contributed by atoms with E-state index in [-0.39, 0.29) is 11.8 Å². The summed E-state index contributed by atoms with van der Waals surface area (Å²) in [6, 6.07) is 5.28. The van der Waals surface area contributed by atoms with E-state index in [2.05, 4.69) is 16.6 Å². The van der Waals surface area contributed by atoms with Crippen LogP contribution in [0.5, 0.6) is 0 Å². The molecule has 7 nitrogen and oxygen atoms in total. The molecule has 2 atom stereocenters. The molecule has 0 saturated carbocycles. The van der Waals surface area contributed by atoms with E-state index in [4.69, 9.17) is 11.2 Å². The molecule has 1 aromatic rings. The number of amides is 3. The van der Waals surface area contributed by atoms with Gasteiger partial charge in [0.05, 0.1) is 0 Å². The highest BCUT2D eigenvalue weighted by Gasteiger charge is 2.35. The summed E-state index contributed by atoms with van der Waals surface area (Å²) in [5.41, 5.74) is 0.396. The molecule has 7 heteroatoms. The second-order valence-corrected chi connectivity index (χ2v) is 9.56. The van der Waals surface area contributed by atoms with Gasteiger partial charge in [0.2, 0.25) is 11.8 Å². The number of unbranched alkanes of at least 4 members (excludes halogenated alkanes) is 1. The molecule has 0 radical (unpaired) electrons. The van der Waals surface area contributed by atoms with E-state index in [1.807, 2.05) is 20.8 Å². The zero-order chi connectivity index (χ0) is 25.2. The number of hydrogen-bond acceptors (Lipinski definition) is 4. The van der Waals surface area contributed by atoms with Gasteiger partial charge < -0.3 is 20.3 Å². The summed E-state index contributed by atoms with van der Waals surface area (Å²) in [7, 11) is 1.56. The minimum Gasteiger partial charge on any atom is -0.444 e. The Hall–Kier alpha value is -3.01. The number of likely N-dealkylation sites (N-methyl/N-ethyl adjacent to an activating group) is 1. The largest absolute Gasteiger partial charge is 0.444 e. The normalized spacial score (nSPS) is 12.9. The minimum absolute atomic E-state index is 0.122. The van der Waals surface area contributed by atoms with Crippen LogP contribution in [0.2, 0.25) is 0 Å². The van der Waals surface area contributed by atoms with Gasteiger partial charge >= 0.3 is 6.09 Å². The molecule has 3 amide bonds. The monoisotopic (exact) mass is 457 g/mol. The van der Waals surface area contributed by atoms with Crippen LogP contribution < -0.4 is 10.6 Å². The maximum absolute atomic E-state index is 13.6. The first kappa shape index (κ1) is 28.0. The fraction of sp³-hybridized carbons (Fsp3) is 0.577. The average Bonchev–Trinajstić information content (AvgIpc) is 2.71. The maximum Gasteiger partial charge on any atom is 0.408 e. The summed E-state index contributed by atoms with van der Waals surface area (Å²) in [5, 5.41) is 5.59. The molecule has 0 aliphatic heterocycles. The van der Waals surface area contributed by atoms with Crippen LogP contribution >= 0.6 is 0 Å². The number of carbonyl (C=O) groups excluding carboxylic acids is 3. The Morgan fingerprint density at radius 2 is 1.82 bits per heavy atom. The topological polar surface area (TPSA) is 87.7 Å². The van der Waals surface area contributed by atoms with Crippen LogP contribution in [0.4, 0.5) is 4.79 Å².